The lowest BCUT2D eigenvalue weighted by Crippen LogP contribution is -2.49. The second-order valence-corrected chi connectivity index (χ2v) is 8.44. The van der Waals surface area contributed by atoms with Crippen LogP contribution in [-0.2, 0) is 14.8 Å². The molecule has 0 saturated carbocycles. The molecule has 0 bridgehead atoms. The summed E-state index contributed by atoms with van der Waals surface area (Å²) in [7, 11) is -3.82. The molecule has 0 aromatic heterocycles. The molecule has 0 spiro atoms. The van der Waals surface area contributed by atoms with Crippen molar-refractivity contribution in [3.05, 3.63) is 41.7 Å². The number of halogens is 1. The van der Waals surface area contributed by atoms with E-state index in [1.165, 1.54) is 36.6 Å². The minimum Gasteiger partial charge on any atom is -0.354 e. The van der Waals surface area contributed by atoms with Crippen molar-refractivity contribution in [1.29, 1.82) is 0 Å². The fraction of sp³-hybridized carbons (Fsp3) is 0.526. The number of benzene rings is 1. The molecule has 0 fully saturated rings. The maximum Gasteiger partial charge on any atom is 0.243 e. The Morgan fingerprint density at radius 1 is 1.31 bits per heavy atom. The van der Waals surface area contributed by atoms with Crippen LogP contribution in [0.15, 0.2) is 35.9 Å². The summed E-state index contributed by atoms with van der Waals surface area (Å²) >= 11 is 0. The first-order chi connectivity index (χ1) is 12.3. The van der Waals surface area contributed by atoms with Crippen LogP contribution in [0, 0.1) is 5.82 Å². The number of anilines is 1. The molecule has 1 aromatic carbocycles. The monoisotopic (exact) mass is 382 g/mol. The summed E-state index contributed by atoms with van der Waals surface area (Å²) in [6.07, 6.45) is 8.73. The van der Waals surface area contributed by atoms with E-state index in [4.69, 9.17) is 0 Å². The van der Waals surface area contributed by atoms with Gasteiger partial charge in [-0.1, -0.05) is 30.7 Å². The predicted molar refractivity (Wildman–Crippen MR) is 102 cm³/mol. The molecule has 1 aliphatic carbocycles. The summed E-state index contributed by atoms with van der Waals surface area (Å²) in [6.45, 7) is 2.17. The summed E-state index contributed by atoms with van der Waals surface area (Å²) in [5.74, 6) is -1.07. The molecule has 26 heavy (non-hydrogen) atoms. The van der Waals surface area contributed by atoms with Crippen molar-refractivity contribution in [3.63, 3.8) is 0 Å². The number of rotatable bonds is 8. The van der Waals surface area contributed by atoms with E-state index in [0.717, 1.165) is 29.8 Å². The molecule has 1 unspecified atom stereocenters. The van der Waals surface area contributed by atoms with Crippen LogP contribution in [0.2, 0.25) is 0 Å². The van der Waals surface area contributed by atoms with Crippen LogP contribution in [0.5, 0.6) is 0 Å². The largest absolute Gasteiger partial charge is 0.354 e. The molecule has 0 heterocycles. The molecule has 1 aliphatic rings. The van der Waals surface area contributed by atoms with Gasteiger partial charge >= 0.3 is 0 Å². The van der Waals surface area contributed by atoms with Crippen molar-refractivity contribution in [2.45, 2.75) is 51.5 Å². The second kappa shape index (κ2) is 9.16. The molecule has 7 heteroatoms. The molecule has 0 radical (unpaired) electrons. The number of allylic oxidation sites excluding steroid dienone is 1. The summed E-state index contributed by atoms with van der Waals surface area (Å²) in [5.41, 5.74) is 1.23. The van der Waals surface area contributed by atoms with E-state index in [0.29, 0.717) is 6.54 Å². The van der Waals surface area contributed by atoms with Gasteiger partial charge in [0.25, 0.3) is 0 Å². The van der Waals surface area contributed by atoms with E-state index in [2.05, 4.69) is 11.4 Å². The van der Waals surface area contributed by atoms with E-state index < -0.39 is 27.8 Å². The number of carbonyl (C=O) groups is 1. The highest BCUT2D eigenvalue weighted by Crippen LogP contribution is 2.25. The third kappa shape index (κ3) is 5.30. The SMILES string of the molecule is CCC(C(=O)NCCC1=CCCCC1)N(c1ccccc1F)S(C)(=O)=O. The molecule has 2 rings (SSSR count). The molecule has 0 saturated heterocycles. The fourth-order valence-corrected chi connectivity index (χ4v) is 4.47. The van der Waals surface area contributed by atoms with Gasteiger partial charge in [-0.2, -0.15) is 0 Å². The highest BCUT2D eigenvalue weighted by Gasteiger charge is 2.32. The minimum absolute atomic E-state index is 0.105. The van der Waals surface area contributed by atoms with Crippen LogP contribution in [0.4, 0.5) is 10.1 Å². The maximum absolute atomic E-state index is 14.2. The number of sulfonamides is 1. The molecule has 1 amide bonds. The standard InChI is InChI=1S/C19H27FN2O3S/c1-3-17(19(23)21-14-13-15-9-5-4-6-10-15)22(26(2,24)25)18-12-8-7-11-16(18)20/h7-9,11-12,17H,3-6,10,13-14H2,1-2H3,(H,21,23). The Balaban J connectivity index is 2.13. The van der Waals surface area contributed by atoms with Gasteiger partial charge in [0.1, 0.15) is 11.9 Å². The zero-order valence-corrected chi connectivity index (χ0v) is 16.2. The molecule has 1 N–H and O–H groups in total. The van der Waals surface area contributed by atoms with Crippen LogP contribution >= 0.6 is 0 Å². The van der Waals surface area contributed by atoms with E-state index in [1.807, 2.05) is 0 Å². The summed E-state index contributed by atoms with van der Waals surface area (Å²) in [5, 5.41) is 2.81. The molecule has 1 atom stereocenters. The molecule has 5 nitrogen and oxygen atoms in total. The Morgan fingerprint density at radius 2 is 2.04 bits per heavy atom. The van der Waals surface area contributed by atoms with E-state index in [1.54, 1.807) is 13.0 Å². The van der Waals surface area contributed by atoms with Gasteiger partial charge in [0.05, 0.1) is 11.9 Å². The number of nitrogens with zero attached hydrogens (tertiary/aromatic N) is 1. The minimum atomic E-state index is -3.82. The first kappa shape index (κ1) is 20.4. The van der Waals surface area contributed by atoms with Crippen molar-refractivity contribution in [2.24, 2.45) is 0 Å². The average Bonchev–Trinajstić information content (AvgIpc) is 2.60. The van der Waals surface area contributed by atoms with Gasteiger partial charge in [-0.05, 0) is 50.7 Å². The number of amides is 1. The van der Waals surface area contributed by atoms with E-state index in [9.17, 15) is 17.6 Å². The topological polar surface area (TPSA) is 66.5 Å². The summed E-state index contributed by atoms with van der Waals surface area (Å²) in [4.78, 5) is 12.6. The lowest BCUT2D eigenvalue weighted by Gasteiger charge is -2.30. The Morgan fingerprint density at radius 3 is 2.62 bits per heavy atom. The van der Waals surface area contributed by atoms with Gasteiger partial charge in [0, 0.05) is 6.54 Å². The normalized spacial score (nSPS) is 15.9. The number of nitrogens with one attached hydrogen (secondary N) is 1. The third-order valence-electron chi connectivity index (χ3n) is 4.55. The first-order valence-corrected chi connectivity index (χ1v) is 10.9. The summed E-state index contributed by atoms with van der Waals surface area (Å²) in [6, 6.07) is 4.61. The van der Waals surface area contributed by atoms with Crippen molar-refractivity contribution in [3.8, 4) is 0 Å². The summed E-state index contributed by atoms with van der Waals surface area (Å²) < 4.78 is 39.6. The van der Waals surface area contributed by atoms with Crippen LogP contribution in [-0.4, -0.2) is 33.2 Å². The van der Waals surface area contributed by atoms with Crippen LogP contribution in [0.3, 0.4) is 0 Å². The van der Waals surface area contributed by atoms with Crippen molar-refractivity contribution in [2.75, 3.05) is 17.1 Å². The predicted octanol–water partition coefficient (Wildman–Crippen LogP) is 3.38. The third-order valence-corrected chi connectivity index (χ3v) is 5.72. The molecule has 0 aliphatic heterocycles. The number of para-hydroxylation sites is 1. The molecular weight excluding hydrogens is 355 g/mol. The fourth-order valence-electron chi connectivity index (χ4n) is 3.26. The van der Waals surface area contributed by atoms with Crippen LogP contribution < -0.4 is 9.62 Å². The number of carbonyl (C=O) groups excluding carboxylic acids is 1. The molecule has 144 valence electrons. The van der Waals surface area contributed by atoms with Gasteiger partial charge in [-0.15, -0.1) is 0 Å². The highest BCUT2D eigenvalue weighted by molar-refractivity contribution is 7.92. The molecule has 1 aromatic rings. The van der Waals surface area contributed by atoms with Crippen LogP contribution in [0.1, 0.15) is 45.4 Å². The lowest BCUT2D eigenvalue weighted by atomic mass is 9.97. The highest BCUT2D eigenvalue weighted by atomic mass is 32.2. The smallest absolute Gasteiger partial charge is 0.243 e. The van der Waals surface area contributed by atoms with Gasteiger partial charge in [0.2, 0.25) is 15.9 Å². The van der Waals surface area contributed by atoms with E-state index in [-0.39, 0.29) is 12.1 Å². The van der Waals surface area contributed by atoms with Crippen molar-refractivity contribution < 1.29 is 17.6 Å². The van der Waals surface area contributed by atoms with E-state index >= 15 is 0 Å². The van der Waals surface area contributed by atoms with Gasteiger partial charge in [-0.3, -0.25) is 9.10 Å². The Kier molecular flexibility index (Phi) is 7.20. The average molecular weight is 383 g/mol. The Labute approximate surface area is 155 Å². The Bertz CT molecular complexity index is 762. The van der Waals surface area contributed by atoms with Crippen LogP contribution in [0.25, 0.3) is 0 Å². The zero-order valence-electron chi connectivity index (χ0n) is 15.4. The number of hydrogen-bond donors (Lipinski definition) is 1. The van der Waals surface area contributed by atoms with Crippen molar-refractivity contribution >= 4 is 21.6 Å². The quantitative estimate of drug-likeness (QED) is 0.701. The van der Waals surface area contributed by atoms with Gasteiger partial charge in [-0.25, -0.2) is 12.8 Å². The second-order valence-electron chi connectivity index (χ2n) is 6.58. The molecular formula is C19H27FN2O3S. The number of hydrogen-bond acceptors (Lipinski definition) is 3. The maximum atomic E-state index is 14.2. The Hall–Kier alpha value is -1.89. The first-order valence-electron chi connectivity index (χ1n) is 9.04. The van der Waals surface area contributed by atoms with Gasteiger partial charge < -0.3 is 5.32 Å². The zero-order chi connectivity index (χ0) is 19.2. The lowest BCUT2D eigenvalue weighted by molar-refractivity contribution is -0.122. The van der Waals surface area contributed by atoms with Gasteiger partial charge in [0.15, 0.2) is 0 Å². The van der Waals surface area contributed by atoms with Crippen molar-refractivity contribution in [1.82, 2.24) is 5.32 Å².